The number of carbonyl (C=O) groups is 3. The number of halogens is 1. The van der Waals surface area contributed by atoms with E-state index in [1.165, 1.54) is 11.8 Å². The van der Waals surface area contributed by atoms with Crippen LogP contribution in [0.3, 0.4) is 0 Å². The molecule has 0 spiro atoms. The summed E-state index contributed by atoms with van der Waals surface area (Å²) in [5.41, 5.74) is 5.52. The monoisotopic (exact) mass is 449 g/mol. The van der Waals surface area contributed by atoms with Crippen molar-refractivity contribution in [2.24, 2.45) is 0 Å². The zero-order chi connectivity index (χ0) is 19.4. The third-order valence-electron chi connectivity index (χ3n) is 3.65. The third kappa shape index (κ3) is 5.01. The molecule has 7 nitrogen and oxygen atoms in total. The van der Waals surface area contributed by atoms with Crippen molar-refractivity contribution in [3.05, 3.63) is 52.5 Å². The maximum atomic E-state index is 12.2. The van der Waals surface area contributed by atoms with Crippen molar-refractivity contribution in [1.29, 1.82) is 0 Å². The molecule has 3 N–H and O–H groups in total. The fraction of sp³-hybridized carbons (Fsp3) is 0.167. The molecule has 0 saturated carbocycles. The SMILES string of the molecule is C[C@@H]1Sc2ccc(C(=O)NNC(=O)COc3cccc(Br)c3)cc2NC1=O. The van der Waals surface area contributed by atoms with E-state index in [1.807, 2.05) is 13.0 Å². The summed E-state index contributed by atoms with van der Waals surface area (Å²) in [6.07, 6.45) is 0. The van der Waals surface area contributed by atoms with Gasteiger partial charge in [-0.05, 0) is 43.3 Å². The quantitative estimate of drug-likeness (QED) is 0.623. The molecule has 27 heavy (non-hydrogen) atoms. The van der Waals surface area contributed by atoms with Crippen LogP contribution in [0.4, 0.5) is 5.69 Å². The lowest BCUT2D eigenvalue weighted by molar-refractivity contribution is -0.123. The van der Waals surface area contributed by atoms with Gasteiger partial charge in [-0.15, -0.1) is 11.8 Å². The van der Waals surface area contributed by atoms with Crippen LogP contribution in [0.25, 0.3) is 0 Å². The lowest BCUT2D eigenvalue weighted by Crippen LogP contribution is -2.43. The van der Waals surface area contributed by atoms with Gasteiger partial charge in [-0.25, -0.2) is 0 Å². The number of fused-ring (bicyclic) bond motifs is 1. The smallest absolute Gasteiger partial charge is 0.276 e. The molecule has 3 amide bonds. The van der Waals surface area contributed by atoms with Gasteiger partial charge in [0.25, 0.3) is 11.8 Å². The summed E-state index contributed by atoms with van der Waals surface area (Å²) in [6, 6.07) is 12.0. The Morgan fingerprint density at radius 1 is 1.22 bits per heavy atom. The zero-order valence-electron chi connectivity index (χ0n) is 14.2. The van der Waals surface area contributed by atoms with Gasteiger partial charge in [-0.3, -0.25) is 25.2 Å². The minimum atomic E-state index is -0.501. The molecule has 3 rings (SSSR count). The third-order valence-corrected chi connectivity index (χ3v) is 5.32. The van der Waals surface area contributed by atoms with E-state index in [1.54, 1.807) is 36.4 Å². The number of thioether (sulfide) groups is 1. The van der Waals surface area contributed by atoms with Gasteiger partial charge >= 0.3 is 0 Å². The van der Waals surface area contributed by atoms with Crippen LogP contribution in [0.5, 0.6) is 5.75 Å². The molecular weight excluding hydrogens is 434 g/mol. The van der Waals surface area contributed by atoms with E-state index in [-0.39, 0.29) is 17.8 Å². The molecule has 0 radical (unpaired) electrons. The Morgan fingerprint density at radius 3 is 2.81 bits per heavy atom. The number of hydrazine groups is 1. The molecule has 0 aliphatic carbocycles. The number of rotatable bonds is 4. The van der Waals surface area contributed by atoms with Crippen molar-refractivity contribution in [2.75, 3.05) is 11.9 Å². The maximum Gasteiger partial charge on any atom is 0.276 e. The van der Waals surface area contributed by atoms with Crippen LogP contribution in [-0.2, 0) is 9.59 Å². The second-order valence-corrected chi connectivity index (χ2v) is 8.01. The van der Waals surface area contributed by atoms with Crippen molar-refractivity contribution >= 4 is 51.1 Å². The van der Waals surface area contributed by atoms with Crippen LogP contribution in [-0.4, -0.2) is 29.6 Å². The second-order valence-electron chi connectivity index (χ2n) is 5.71. The molecule has 1 atom stereocenters. The number of nitrogens with one attached hydrogen (secondary N) is 3. The molecule has 1 aliphatic rings. The van der Waals surface area contributed by atoms with E-state index in [0.29, 0.717) is 17.0 Å². The topological polar surface area (TPSA) is 96.5 Å². The molecule has 9 heteroatoms. The highest BCUT2D eigenvalue weighted by Gasteiger charge is 2.23. The second kappa shape index (κ2) is 8.45. The van der Waals surface area contributed by atoms with Crippen LogP contribution in [0.2, 0.25) is 0 Å². The Morgan fingerprint density at radius 2 is 2.04 bits per heavy atom. The first-order valence-electron chi connectivity index (χ1n) is 8.01. The van der Waals surface area contributed by atoms with Crippen molar-refractivity contribution in [3.63, 3.8) is 0 Å². The molecule has 0 saturated heterocycles. The average molecular weight is 450 g/mol. The number of ether oxygens (including phenoxy) is 1. The fourth-order valence-electron chi connectivity index (χ4n) is 2.29. The molecule has 0 bridgehead atoms. The van der Waals surface area contributed by atoms with Gasteiger partial charge in [-0.2, -0.15) is 0 Å². The Balaban J connectivity index is 1.52. The molecule has 1 heterocycles. The maximum absolute atomic E-state index is 12.2. The summed E-state index contributed by atoms with van der Waals surface area (Å²) in [6.45, 7) is 1.57. The van der Waals surface area contributed by atoms with Crippen molar-refractivity contribution in [1.82, 2.24) is 10.9 Å². The zero-order valence-corrected chi connectivity index (χ0v) is 16.6. The number of anilines is 1. The molecule has 2 aromatic rings. The van der Waals surface area contributed by atoms with E-state index >= 15 is 0 Å². The number of hydrogen-bond acceptors (Lipinski definition) is 5. The number of benzene rings is 2. The highest BCUT2D eigenvalue weighted by Crippen LogP contribution is 2.35. The van der Waals surface area contributed by atoms with Crippen LogP contribution in [0.1, 0.15) is 17.3 Å². The minimum absolute atomic E-state index is 0.108. The van der Waals surface area contributed by atoms with Crippen molar-refractivity contribution in [3.8, 4) is 5.75 Å². The summed E-state index contributed by atoms with van der Waals surface area (Å²) >= 11 is 4.74. The van der Waals surface area contributed by atoms with Crippen molar-refractivity contribution < 1.29 is 19.1 Å². The molecule has 1 aliphatic heterocycles. The van der Waals surface area contributed by atoms with E-state index in [9.17, 15) is 14.4 Å². The highest BCUT2D eigenvalue weighted by atomic mass is 79.9. The summed E-state index contributed by atoms with van der Waals surface area (Å²) < 4.78 is 6.17. The summed E-state index contributed by atoms with van der Waals surface area (Å²) in [5, 5.41) is 2.58. The Bertz CT molecular complexity index is 906. The van der Waals surface area contributed by atoms with Gasteiger partial charge in [0, 0.05) is 14.9 Å². The number of hydrogen-bond donors (Lipinski definition) is 3. The molecule has 2 aromatic carbocycles. The van der Waals surface area contributed by atoms with Crippen LogP contribution in [0, 0.1) is 0 Å². The molecule has 0 unspecified atom stereocenters. The van der Waals surface area contributed by atoms with E-state index in [2.05, 4.69) is 32.1 Å². The normalized spacial score (nSPS) is 15.3. The summed E-state index contributed by atoms with van der Waals surface area (Å²) in [4.78, 5) is 36.7. The van der Waals surface area contributed by atoms with E-state index < -0.39 is 11.8 Å². The average Bonchev–Trinajstić information content (AvgIpc) is 2.65. The lowest BCUT2D eigenvalue weighted by atomic mass is 10.2. The minimum Gasteiger partial charge on any atom is -0.484 e. The van der Waals surface area contributed by atoms with Crippen LogP contribution >= 0.6 is 27.7 Å². The Hall–Kier alpha value is -2.52. The Labute approximate surface area is 168 Å². The van der Waals surface area contributed by atoms with E-state index in [4.69, 9.17) is 4.74 Å². The first-order chi connectivity index (χ1) is 12.9. The van der Waals surface area contributed by atoms with Gasteiger partial charge in [0.05, 0.1) is 10.9 Å². The van der Waals surface area contributed by atoms with E-state index in [0.717, 1.165) is 9.37 Å². The first-order valence-corrected chi connectivity index (χ1v) is 9.69. The van der Waals surface area contributed by atoms with Gasteiger partial charge < -0.3 is 10.1 Å². The predicted molar refractivity (Wildman–Crippen MR) is 106 cm³/mol. The Kier molecular flexibility index (Phi) is 6.02. The highest BCUT2D eigenvalue weighted by molar-refractivity contribution is 9.10. The fourth-order valence-corrected chi connectivity index (χ4v) is 3.60. The largest absolute Gasteiger partial charge is 0.484 e. The molecule has 140 valence electrons. The van der Waals surface area contributed by atoms with Crippen LogP contribution in [0.15, 0.2) is 51.8 Å². The van der Waals surface area contributed by atoms with Gasteiger partial charge in [-0.1, -0.05) is 22.0 Å². The predicted octanol–water partition coefficient (Wildman–Crippen LogP) is 2.72. The van der Waals surface area contributed by atoms with Crippen molar-refractivity contribution in [2.45, 2.75) is 17.1 Å². The lowest BCUT2D eigenvalue weighted by Gasteiger charge is -2.21. The van der Waals surface area contributed by atoms with Gasteiger partial charge in [0.15, 0.2) is 6.61 Å². The first kappa shape index (κ1) is 19.2. The van der Waals surface area contributed by atoms with Gasteiger partial charge in [0.2, 0.25) is 5.91 Å². The summed E-state index contributed by atoms with van der Waals surface area (Å²) in [5.74, 6) is -0.573. The molecular formula is C18H16BrN3O4S. The standard InChI is InChI=1S/C18H16BrN3O4S/c1-10-17(24)20-14-7-11(5-6-15(14)27-10)18(25)22-21-16(23)9-26-13-4-2-3-12(19)8-13/h2-8,10H,9H2,1H3,(H,20,24)(H,21,23)(H,22,25)/t10-/m0/s1. The molecule has 0 aromatic heterocycles. The van der Waals surface area contributed by atoms with Crippen LogP contribution < -0.4 is 20.9 Å². The molecule has 0 fully saturated rings. The summed E-state index contributed by atoms with van der Waals surface area (Å²) in [7, 11) is 0. The van der Waals surface area contributed by atoms with Gasteiger partial charge in [0.1, 0.15) is 5.75 Å². The number of amides is 3. The number of carbonyl (C=O) groups excluding carboxylic acids is 3.